The van der Waals surface area contributed by atoms with Crippen molar-refractivity contribution in [2.45, 2.75) is 39.3 Å². The van der Waals surface area contributed by atoms with Gasteiger partial charge in [0.05, 0.1) is 21.7 Å². The van der Waals surface area contributed by atoms with Crippen LogP contribution in [-0.4, -0.2) is 75.6 Å². The van der Waals surface area contributed by atoms with Crippen LogP contribution in [0.3, 0.4) is 0 Å². The Balaban J connectivity index is 1.33. The number of piperazine rings is 1. The first kappa shape index (κ1) is 26.8. The van der Waals surface area contributed by atoms with Crippen LogP contribution < -0.4 is 5.32 Å². The van der Waals surface area contributed by atoms with Crippen LogP contribution in [0.4, 0.5) is 0 Å². The molecule has 220 valence electrons. The lowest BCUT2D eigenvalue weighted by Crippen LogP contribution is -2.44. The van der Waals surface area contributed by atoms with Crippen LogP contribution in [0.15, 0.2) is 36.5 Å². The maximum Gasteiger partial charge on any atom is 0.252 e. The molecule has 1 N–H and O–H groups in total. The number of hydrogen-bond donors (Lipinski definition) is 1. The highest BCUT2D eigenvalue weighted by Crippen LogP contribution is 2.47. The molecule has 43 heavy (non-hydrogen) atoms. The predicted octanol–water partition coefficient (Wildman–Crippen LogP) is 4.78. The lowest BCUT2D eigenvalue weighted by Gasteiger charge is -2.32. The number of hydrogen-bond acceptors (Lipinski definition) is 6. The molecule has 0 atom stereocenters. The maximum atomic E-state index is 13.6. The molecule has 0 radical (unpaired) electrons. The number of nitrogens with one attached hydrogen (secondary N) is 1. The third kappa shape index (κ3) is 4.28. The number of amides is 1. The van der Waals surface area contributed by atoms with E-state index in [0.717, 1.165) is 113 Å². The molecule has 9 heteroatoms. The lowest BCUT2D eigenvalue weighted by atomic mass is 9.82. The van der Waals surface area contributed by atoms with Gasteiger partial charge in [0.15, 0.2) is 0 Å². The summed E-state index contributed by atoms with van der Waals surface area (Å²) in [5.74, 6) is 0.0434. The van der Waals surface area contributed by atoms with Crippen molar-refractivity contribution in [2.24, 2.45) is 7.05 Å². The van der Waals surface area contributed by atoms with E-state index < -0.39 is 0 Å². The first-order valence-electron chi connectivity index (χ1n) is 15.3. The van der Waals surface area contributed by atoms with Gasteiger partial charge in [-0.25, -0.2) is 0 Å². The largest absolute Gasteiger partial charge is 0.348 e. The van der Waals surface area contributed by atoms with E-state index in [1.165, 1.54) is 22.4 Å². The maximum absolute atomic E-state index is 13.6. The van der Waals surface area contributed by atoms with E-state index in [0.29, 0.717) is 12.1 Å². The van der Waals surface area contributed by atoms with Crippen molar-refractivity contribution in [1.29, 1.82) is 0 Å². The van der Waals surface area contributed by atoms with Crippen LogP contribution in [0, 0.1) is 6.92 Å². The summed E-state index contributed by atoms with van der Waals surface area (Å²) in [4.78, 5) is 33.9. The molecule has 0 spiro atoms. The summed E-state index contributed by atoms with van der Waals surface area (Å²) in [6, 6.07) is 10.1. The Labute approximate surface area is 254 Å². The molecule has 1 fully saturated rings. The van der Waals surface area contributed by atoms with E-state index in [4.69, 9.17) is 5.10 Å². The fourth-order valence-corrected chi connectivity index (χ4v) is 8.34. The van der Waals surface area contributed by atoms with Gasteiger partial charge < -0.3 is 19.7 Å². The quantitative estimate of drug-likeness (QED) is 0.288. The third-order valence-corrected chi connectivity index (χ3v) is 10.6. The Hall–Kier alpha value is -3.79. The van der Waals surface area contributed by atoms with Crippen LogP contribution in [0.1, 0.15) is 53.7 Å². The summed E-state index contributed by atoms with van der Waals surface area (Å²) >= 11 is 1.54. The highest BCUT2D eigenvalue weighted by atomic mass is 32.1. The minimum atomic E-state index is -0.0119. The molecule has 2 aliphatic heterocycles. The standard InChI is InChI=1S/C34H36N6O2S/c1-20-5-10-28(43-20)33(41)21-6-9-27-23(17-21)30-24-18-35-34(42)31(24)29-22(7-8-26-25(29)19-38(3)36-26)32(30)40(27)12-4-11-39-15-13-37(2)14-16-39/h5-6,9-10,17,19H,4,7-8,11-16,18H2,1-3H3,(H,35,42). The minimum Gasteiger partial charge on any atom is -0.348 e. The smallest absolute Gasteiger partial charge is 0.252 e. The molecule has 8 nitrogen and oxygen atoms in total. The van der Waals surface area contributed by atoms with E-state index in [1.807, 2.05) is 36.9 Å². The van der Waals surface area contributed by atoms with Crippen molar-refractivity contribution >= 4 is 44.8 Å². The zero-order valence-corrected chi connectivity index (χ0v) is 25.8. The van der Waals surface area contributed by atoms with Crippen LogP contribution >= 0.6 is 11.3 Å². The summed E-state index contributed by atoms with van der Waals surface area (Å²) in [5, 5.41) is 10.1. The van der Waals surface area contributed by atoms with E-state index in [-0.39, 0.29) is 11.7 Å². The van der Waals surface area contributed by atoms with Crippen molar-refractivity contribution in [3.05, 3.63) is 74.2 Å². The van der Waals surface area contributed by atoms with Gasteiger partial charge in [-0.05, 0) is 81.2 Å². The Bertz CT molecular complexity index is 1950. The summed E-state index contributed by atoms with van der Waals surface area (Å²) < 4.78 is 4.37. The van der Waals surface area contributed by atoms with Gasteiger partial charge in [0.25, 0.3) is 5.91 Å². The second-order valence-electron chi connectivity index (χ2n) is 12.4. The highest BCUT2D eigenvalue weighted by molar-refractivity contribution is 7.14. The molecule has 1 aliphatic carbocycles. The third-order valence-electron chi connectivity index (χ3n) is 9.62. The van der Waals surface area contributed by atoms with Gasteiger partial charge in [-0.15, -0.1) is 11.3 Å². The fraction of sp³-hybridized carbons (Fsp3) is 0.382. The number of benzene rings is 2. The minimum absolute atomic E-state index is 0.0119. The molecular weight excluding hydrogens is 556 g/mol. The van der Waals surface area contributed by atoms with Crippen LogP contribution in [0.25, 0.3) is 32.9 Å². The van der Waals surface area contributed by atoms with Crippen molar-refractivity contribution in [1.82, 2.24) is 29.5 Å². The predicted molar refractivity (Wildman–Crippen MR) is 171 cm³/mol. The normalized spacial score (nSPS) is 17.0. The number of carbonyl (C=O) groups excluding carboxylic acids is 2. The Morgan fingerprint density at radius 3 is 2.63 bits per heavy atom. The number of fused-ring (bicyclic) bond motifs is 10. The number of thiophene rings is 1. The first-order valence-corrected chi connectivity index (χ1v) is 16.2. The molecule has 1 amide bonds. The van der Waals surface area contributed by atoms with E-state index in [2.05, 4.69) is 45.1 Å². The molecule has 3 aromatic heterocycles. The molecular formula is C34H36N6O2S. The fourth-order valence-electron chi connectivity index (χ4n) is 7.51. The molecule has 1 saturated heterocycles. The Kier molecular flexibility index (Phi) is 6.33. The number of nitrogens with zero attached hydrogens (tertiary/aromatic N) is 5. The van der Waals surface area contributed by atoms with Crippen molar-refractivity contribution < 1.29 is 9.59 Å². The average Bonchev–Trinajstić information content (AvgIpc) is 3.78. The summed E-state index contributed by atoms with van der Waals surface area (Å²) in [5.41, 5.74) is 9.34. The molecule has 5 aromatic rings. The van der Waals surface area contributed by atoms with Gasteiger partial charge in [-0.1, -0.05) is 0 Å². The highest BCUT2D eigenvalue weighted by Gasteiger charge is 2.35. The van der Waals surface area contributed by atoms with Crippen LogP contribution in [-0.2, 0) is 33.0 Å². The van der Waals surface area contributed by atoms with Crippen LogP contribution in [0.5, 0.6) is 0 Å². The zero-order valence-electron chi connectivity index (χ0n) is 25.0. The number of likely N-dealkylation sites (N-methyl/N-ethyl adjacent to an activating group) is 1. The van der Waals surface area contributed by atoms with Crippen LogP contribution in [0.2, 0.25) is 0 Å². The summed E-state index contributed by atoms with van der Waals surface area (Å²) in [7, 11) is 4.16. The average molecular weight is 593 g/mol. The van der Waals surface area contributed by atoms with Crippen molar-refractivity contribution in [3.8, 4) is 11.1 Å². The number of aromatic nitrogens is 3. The van der Waals surface area contributed by atoms with Gasteiger partial charge in [-0.2, -0.15) is 5.10 Å². The number of aryl methyl sites for hydroxylation is 5. The van der Waals surface area contributed by atoms with E-state index in [1.54, 1.807) is 0 Å². The van der Waals surface area contributed by atoms with Gasteiger partial charge in [0.2, 0.25) is 5.78 Å². The summed E-state index contributed by atoms with van der Waals surface area (Å²) in [6.45, 7) is 8.92. The molecule has 2 aromatic carbocycles. The molecule has 5 heterocycles. The van der Waals surface area contributed by atoms with Gasteiger partial charge in [0.1, 0.15) is 0 Å². The first-order chi connectivity index (χ1) is 20.9. The summed E-state index contributed by atoms with van der Waals surface area (Å²) in [6.07, 6.45) is 4.80. The second-order valence-corrected chi connectivity index (χ2v) is 13.7. The molecule has 0 saturated carbocycles. The second kappa shape index (κ2) is 10.1. The van der Waals surface area contributed by atoms with E-state index >= 15 is 0 Å². The van der Waals surface area contributed by atoms with Crippen molar-refractivity contribution in [3.63, 3.8) is 0 Å². The number of ketones is 1. The zero-order chi connectivity index (χ0) is 29.4. The monoisotopic (exact) mass is 592 g/mol. The number of carbonyl (C=O) groups is 2. The molecule has 0 unspecified atom stereocenters. The van der Waals surface area contributed by atoms with Gasteiger partial charge in [-0.3, -0.25) is 14.3 Å². The Morgan fingerprint density at radius 1 is 1.00 bits per heavy atom. The van der Waals surface area contributed by atoms with Gasteiger partial charge >= 0.3 is 0 Å². The Morgan fingerprint density at radius 2 is 1.84 bits per heavy atom. The molecule has 0 bridgehead atoms. The van der Waals surface area contributed by atoms with Crippen molar-refractivity contribution in [2.75, 3.05) is 39.8 Å². The topological polar surface area (TPSA) is 75.4 Å². The molecule has 8 rings (SSSR count). The van der Waals surface area contributed by atoms with E-state index in [9.17, 15) is 9.59 Å². The SMILES string of the molecule is Cc1ccc(C(=O)c2ccc3c(c2)c2c4c(c5c(c2n3CCCN2CCN(C)CC2)CCc2nn(C)cc2-5)C(=O)NC4)s1. The number of rotatable bonds is 6. The molecule has 3 aliphatic rings. The van der Waals surface area contributed by atoms with Gasteiger partial charge in [0, 0.05) is 90.4 Å². The lowest BCUT2D eigenvalue weighted by molar-refractivity contribution is 0.0965.